The van der Waals surface area contributed by atoms with E-state index in [1.165, 1.54) is 0 Å². The average molecular weight is 211 g/mol. The van der Waals surface area contributed by atoms with Crippen molar-refractivity contribution in [1.82, 2.24) is 15.5 Å². The Bertz CT molecular complexity index is 320. The van der Waals surface area contributed by atoms with Gasteiger partial charge in [-0.25, -0.2) is 0 Å². The third-order valence-electron chi connectivity index (χ3n) is 2.70. The highest BCUT2D eigenvalue weighted by molar-refractivity contribution is 5.02. The van der Waals surface area contributed by atoms with Crippen LogP contribution in [0.2, 0.25) is 0 Å². The van der Waals surface area contributed by atoms with Crippen LogP contribution in [0.15, 0.2) is 4.52 Å². The average Bonchev–Trinajstić information content (AvgIpc) is 2.51. The zero-order valence-corrected chi connectivity index (χ0v) is 9.36. The third kappa shape index (κ3) is 2.03. The summed E-state index contributed by atoms with van der Waals surface area (Å²) < 4.78 is 10.6. The van der Waals surface area contributed by atoms with Gasteiger partial charge in [0.05, 0.1) is 5.92 Å². The van der Waals surface area contributed by atoms with Crippen LogP contribution < -0.4 is 5.32 Å². The molecule has 1 fully saturated rings. The molecule has 1 aromatic rings. The number of ether oxygens (including phenoxy) is 1. The van der Waals surface area contributed by atoms with Crippen molar-refractivity contribution in [3.63, 3.8) is 0 Å². The first-order chi connectivity index (χ1) is 7.22. The van der Waals surface area contributed by atoms with E-state index >= 15 is 0 Å². The van der Waals surface area contributed by atoms with Crippen molar-refractivity contribution in [2.45, 2.75) is 25.9 Å². The highest BCUT2D eigenvalue weighted by atomic mass is 16.5. The number of hydrogen-bond donors (Lipinski definition) is 1. The van der Waals surface area contributed by atoms with Gasteiger partial charge in [0.2, 0.25) is 11.7 Å². The summed E-state index contributed by atoms with van der Waals surface area (Å²) in [5, 5.41) is 7.15. The molecular formula is C10H17N3O2. The number of nitrogens with one attached hydrogen (secondary N) is 1. The van der Waals surface area contributed by atoms with Crippen molar-refractivity contribution in [3.05, 3.63) is 11.7 Å². The lowest BCUT2D eigenvalue weighted by molar-refractivity contribution is 0.0555. The van der Waals surface area contributed by atoms with Crippen LogP contribution >= 0.6 is 0 Å². The Morgan fingerprint density at radius 3 is 2.67 bits per heavy atom. The normalized spacial score (nSPS) is 19.2. The van der Waals surface area contributed by atoms with E-state index in [0.29, 0.717) is 17.7 Å². The van der Waals surface area contributed by atoms with Crippen LogP contribution in [0, 0.1) is 5.92 Å². The van der Waals surface area contributed by atoms with Crippen molar-refractivity contribution in [2.75, 3.05) is 20.2 Å². The first-order valence-corrected chi connectivity index (χ1v) is 5.29. The fraction of sp³-hybridized carbons (Fsp3) is 0.800. The molecule has 5 nitrogen and oxygen atoms in total. The Morgan fingerprint density at radius 1 is 1.47 bits per heavy atom. The minimum Gasteiger partial charge on any atom is -0.373 e. The van der Waals surface area contributed by atoms with Crippen LogP contribution in [-0.2, 0) is 4.74 Å². The smallest absolute Gasteiger partial charge is 0.232 e. The SMILES string of the molecule is COC(c1noc(C2CNC2)n1)C(C)C. The molecule has 1 unspecified atom stereocenters. The summed E-state index contributed by atoms with van der Waals surface area (Å²) in [5.74, 6) is 2.12. The molecule has 1 aliphatic rings. The standard InChI is InChI=1S/C10H17N3O2/c1-6(2)8(14-3)9-12-10(15-13-9)7-4-11-5-7/h6-8,11H,4-5H2,1-3H3. The maximum absolute atomic E-state index is 5.34. The second kappa shape index (κ2) is 4.28. The van der Waals surface area contributed by atoms with Crippen molar-refractivity contribution in [2.24, 2.45) is 5.92 Å². The molecular weight excluding hydrogens is 194 g/mol. The molecule has 0 aliphatic carbocycles. The largest absolute Gasteiger partial charge is 0.373 e. The molecule has 1 aromatic heterocycles. The number of rotatable bonds is 4. The molecule has 5 heteroatoms. The van der Waals surface area contributed by atoms with Crippen LogP contribution in [0.1, 0.15) is 37.6 Å². The van der Waals surface area contributed by atoms with Gasteiger partial charge in [0.1, 0.15) is 6.10 Å². The van der Waals surface area contributed by atoms with Gasteiger partial charge in [-0.3, -0.25) is 0 Å². The zero-order valence-electron chi connectivity index (χ0n) is 9.36. The molecule has 0 aromatic carbocycles. The molecule has 0 amide bonds. The van der Waals surface area contributed by atoms with Crippen molar-refractivity contribution < 1.29 is 9.26 Å². The highest BCUT2D eigenvalue weighted by Gasteiger charge is 2.28. The predicted molar refractivity (Wildman–Crippen MR) is 54.5 cm³/mol. The van der Waals surface area contributed by atoms with E-state index < -0.39 is 0 Å². The quantitative estimate of drug-likeness (QED) is 0.808. The summed E-state index contributed by atoms with van der Waals surface area (Å²) in [6.45, 7) is 6.02. The van der Waals surface area contributed by atoms with E-state index in [1.807, 2.05) is 0 Å². The Hall–Kier alpha value is -0.940. The predicted octanol–water partition coefficient (Wildman–Crippen LogP) is 1.10. The Balaban J connectivity index is 2.10. The first-order valence-electron chi connectivity index (χ1n) is 5.29. The molecule has 0 saturated carbocycles. The minimum atomic E-state index is -0.0736. The summed E-state index contributed by atoms with van der Waals surface area (Å²) in [4.78, 5) is 4.38. The summed E-state index contributed by atoms with van der Waals surface area (Å²) in [6.07, 6.45) is -0.0736. The number of aromatic nitrogens is 2. The summed E-state index contributed by atoms with van der Waals surface area (Å²) in [7, 11) is 1.67. The summed E-state index contributed by atoms with van der Waals surface area (Å²) in [5.41, 5.74) is 0. The van der Waals surface area contributed by atoms with Crippen molar-refractivity contribution >= 4 is 0 Å². The highest BCUT2D eigenvalue weighted by Crippen LogP contribution is 2.25. The molecule has 2 heterocycles. The Kier molecular flexibility index (Phi) is 3.02. The van der Waals surface area contributed by atoms with E-state index in [4.69, 9.17) is 9.26 Å². The number of nitrogens with zero attached hydrogens (tertiary/aromatic N) is 2. The Labute approximate surface area is 89.2 Å². The minimum absolute atomic E-state index is 0.0736. The van der Waals surface area contributed by atoms with Gasteiger partial charge >= 0.3 is 0 Å². The van der Waals surface area contributed by atoms with Crippen LogP contribution in [0.25, 0.3) is 0 Å². The molecule has 0 spiro atoms. The van der Waals surface area contributed by atoms with E-state index in [1.54, 1.807) is 7.11 Å². The second-order valence-corrected chi connectivity index (χ2v) is 4.25. The lowest BCUT2D eigenvalue weighted by atomic mass is 10.0. The van der Waals surface area contributed by atoms with Crippen molar-refractivity contribution in [3.8, 4) is 0 Å². The van der Waals surface area contributed by atoms with Gasteiger partial charge in [0, 0.05) is 20.2 Å². The van der Waals surface area contributed by atoms with E-state index in [0.717, 1.165) is 19.0 Å². The summed E-state index contributed by atoms with van der Waals surface area (Å²) in [6, 6.07) is 0. The molecule has 15 heavy (non-hydrogen) atoms. The monoisotopic (exact) mass is 211 g/mol. The molecule has 1 saturated heterocycles. The van der Waals surface area contributed by atoms with Gasteiger partial charge < -0.3 is 14.6 Å². The van der Waals surface area contributed by atoms with Crippen LogP contribution in [0.5, 0.6) is 0 Å². The topological polar surface area (TPSA) is 60.2 Å². The van der Waals surface area contributed by atoms with Crippen LogP contribution in [-0.4, -0.2) is 30.3 Å². The zero-order chi connectivity index (χ0) is 10.8. The Morgan fingerprint density at radius 2 is 2.20 bits per heavy atom. The van der Waals surface area contributed by atoms with Gasteiger partial charge in [-0.2, -0.15) is 4.98 Å². The van der Waals surface area contributed by atoms with Crippen molar-refractivity contribution in [1.29, 1.82) is 0 Å². The first kappa shape index (κ1) is 10.6. The fourth-order valence-corrected chi connectivity index (χ4v) is 1.67. The summed E-state index contributed by atoms with van der Waals surface area (Å²) >= 11 is 0. The van der Waals surface area contributed by atoms with Gasteiger partial charge in [0.25, 0.3) is 0 Å². The molecule has 0 bridgehead atoms. The molecule has 84 valence electrons. The fourth-order valence-electron chi connectivity index (χ4n) is 1.67. The molecule has 0 radical (unpaired) electrons. The maximum atomic E-state index is 5.34. The number of methoxy groups -OCH3 is 1. The van der Waals surface area contributed by atoms with Crippen LogP contribution in [0.4, 0.5) is 0 Å². The van der Waals surface area contributed by atoms with Gasteiger partial charge in [-0.1, -0.05) is 19.0 Å². The molecule has 1 N–H and O–H groups in total. The lowest BCUT2D eigenvalue weighted by Crippen LogP contribution is -2.40. The third-order valence-corrected chi connectivity index (χ3v) is 2.70. The van der Waals surface area contributed by atoms with E-state index in [-0.39, 0.29) is 6.10 Å². The number of hydrogen-bond acceptors (Lipinski definition) is 5. The van der Waals surface area contributed by atoms with Crippen LogP contribution in [0.3, 0.4) is 0 Å². The lowest BCUT2D eigenvalue weighted by Gasteiger charge is -2.22. The van der Waals surface area contributed by atoms with E-state index in [9.17, 15) is 0 Å². The molecule has 1 aliphatic heterocycles. The van der Waals surface area contributed by atoms with Gasteiger partial charge in [-0.15, -0.1) is 0 Å². The maximum Gasteiger partial charge on any atom is 0.232 e. The second-order valence-electron chi connectivity index (χ2n) is 4.25. The molecule has 1 atom stereocenters. The van der Waals surface area contributed by atoms with E-state index in [2.05, 4.69) is 29.3 Å². The van der Waals surface area contributed by atoms with Gasteiger partial charge in [0.15, 0.2) is 0 Å². The molecule has 2 rings (SSSR count). The van der Waals surface area contributed by atoms with Gasteiger partial charge in [-0.05, 0) is 5.92 Å².